The molecular weight excluding hydrogens is 350 g/mol. The fourth-order valence-corrected chi connectivity index (χ4v) is 2.92. The Morgan fingerprint density at radius 3 is 2.44 bits per heavy atom. The van der Waals surface area contributed by atoms with Gasteiger partial charge in [-0.3, -0.25) is 30.0 Å². The minimum Gasteiger partial charge on any atom is -0.300 e. The number of nitro benzene ring substituents is 2. The number of aromatic nitrogens is 3. The first-order valence-electron chi connectivity index (χ1n) is 6.84. The highest BCUT2D eigenvalue weighted by molar-refractivity contribution is 7.98. The van der Waals surface area contributed by atoms with Crippen LogP contribution in [0, 0.1) is 20.2 Å². The molecule has 0 aliphatic rings. The summed E-state index contributed by atoms with van der Waals surface area (Å²) in [5, 5.41) is 22.1. The average molecular weight is 359 g/mol. The maximum Gasteiger partial charge on any atom is 0.278 e. The lowest BCUT2D eigenvalue weighted by Gasteiger charge is -2.03. The van der Waals surface area contributed by atoms with Gasteiger partial charge in [0, 0.05) is 24.1 Å². The SMILES string of the molecule is O=c1[nH]c(SCc2cc([N+](=O)[O-])cc([N+](=O)[O-])c2)nc2cccnc12. The Bertz CT molecular complexity index is 1020. The van der Waals surface area contributed by atoms with E-state index in [1.54, 1.807) is 12.1 Å². The van der Waals surface area contributed by atoms with Gasteiger partial charge >= 0.3 is 0 Å². The number of hydrogen-bond donors (Lipinski definition) is 1. The second-order valence-electron chi connectivity index (χ2n) is 4.90. The van der Waals surface area contributed by atoms with Crippen molar-refractivity contribution in [3.63, 3.8) is 0 Å². The lowest BCUT2D eigenvalue weighted by Crippen LogP contribution is -2.10. The molecule has 10 nitrogen and oxygen atoms in total. The molecule has 2 heterocycles. The Hall–Kier alpha value is -3.34. The summed E-state index contributed by atoms with van der Waals surface area (Å²) in [5.74, 6) is 0.164. The van der Waals surface area contributed by atoms with E-state index < -0.39 is 15.4 Å². The summed E-state index contributed by atoms with van der Waals surface area (Å²) in [6.45, 7) is 0. The van der Waals surface area contributed by atoms with Crippen molar-refractivity contribution in [2.24, 2.45) is 0 Å². The van der Waals surface area contributed by atoms with Crippen LogP contribution in [0.1, 0.15) is 5.56 Å². The Morgan fingerprint density at radius 1 is 1.12 bits per heavy atom. The highest BCUT2D eigenvalue weighted by Gasteiger charge is 2.16. The number of rotatable bonds is 5. The van der Waals surface area contributed by atoms with Gasteiger partial charge in [0.05, 0.1) is 21.4 Å². The predicted octanol–water partition coefficient (Wildman–Crippen LogP) is 2.43. The number of fused-ring (bicyclic) bond motifs is 1. The van der Waals surface area contributed by atoms with Gasteiger partial charge in [0.15, 0.2) is 10.7 Å². The van der Waals surface area contributed by atoms with Crippen LogP contribution < -0.4 is 5.56 Å². The molecule has 0 aliphatic carbocycles. The molecule has 126 valence electrons. The molecule has 0 bridgehead atoms. The van der Waals surface area contributed by atoms with Crippen LogP contribution in [0.15, 0.2) is 46.5 Å². The molecule has 25 heavy (non-hydrogen) atoms. The van der Waals surface area contributed by atoms with Gasteiger partial charge in [0.2, 0.25) is 0 Å². The zero-order chi connectivity index (χ0) is 18.0. The lowest BCUT2D eigenvalue weighted by atomic mass is 10.2. The summed E-state index contributed by atoms with van der Waals surface area (Å²) in [5.41, 5.74) is -0.141. The minimum absolute atomic E-state index is 0.164. The number of nitro groups is 2. The Balaban J connectivity index is 1.90. The third-order valence-corrected chi connectivity index (χ3v) is 4.15. The van der Waals surface area contributed by atoms with Crippen LogP contribution in [0.4, 0.5) is 11.4 Å². The summed E-state index contributed by atoms with van der Waals surface area (Å²) in [6.07, 6.45) is 1.48. The summed E-state index contributed by atoms with van der Waals surface area (Å²) >= 11 is 1.10. The van der Waals surface area contributed by atoms with Gasteiger partial charge in [0.25, 0.3) is 16.9 Å². The number of benzene rings is 1. The standard InChI is InChI=1S/C14H9N5O5S/c20-13-12-11(2-1-3-15-12)16-14(17-13)25-7-8-4-9(18(21)22)6-10(5-8)19(23)24/h1-6H,7H2,(H,16,17,20). The molecule has 0 fully saturated rings. The van der Waals surface area contributed by atoms with E-state index in [1.165, 1.54) is 18.3 Å². The zero-order valence-electron chi connectivity index (χ0n) is 12.4. The van der Waals surface area contributed by atoms with Crippen molar-refractivity contribution in [2.75, 3.05) is 0 Å². The van der Waals surface area contributed by atoms with E-state index in [4.69, 9.17) is 0 Å². The second kappa shape index (κ2) is 6.65. The molecule has 0 atom stereocenters. The summed E-state index contributed by atoms with van der Waals surface area (Å²) < 4.78 is 0. The molecule has 0 saturated heterocycles. The number of pyridine rings is 1. The van der Waals surface area contributed by atoms with E-state index >= 15 is 0 Å². The predicted molar refractivity (Wildman–Crippen MR) is 89.5 cm³/mol. The van der Waals surface area contributed by atoms with Crippen LogP contribution in [0.2, 0.25) is 0 Å². The highest BCUT2D eigenvalue weighted by atomic mass is 32.2. The van der Waals surface area contributed by atoms with Gasteiger partial charge < -0.3 is 0 Å². The van der Waals surface area contributed by atoms with Crippen molar-refractivity contribution in [3.05, 3.63) is 72.7 Å². The first kappa shape index (κ1) is 16.5. The third kappa shape index (κ3) is 3.61. The van der Waals surface area contributed by atoms with Crippen LogP contribution >= 0.6 is 11.8 Å². The molecule has 0 aliphatic heterocycles. The molecule has 0 amide bonds. The molecule has 2 aromatic heterocycles. The fraction of sp³-hybridized carbons (Fsp3) is 0.0714. The molecule has 0 unspecified atom stereocenters. The van der Waals surface area contributed by atoms with E-state index in [2.05, 4.69) is 15.0 Å². The normalized spacial score (nSPS) is 10.7. The highest BCUT2D eigenvalue weighted by Crippen LogP contribution is 2.27. The maximum atomic E-state index is 11.9. The number of H-pyrrole nitrogens is 1. The Kier molecular flexibility index (Phi) is 4.39. The Morgan fingerprint density at radius 2 is 1.80 bits per heavy atom. The van der Waals surface area contributed by atoms with Crippen molar-refractivity contribution >= 4 is 34.2 Å². The largest absolute Gasteiger partial charge is 0.300 e. The Labute approximate surface area is 143 Å². The molecule has 0 spiro atoms. The van der Waals surface area contributed by atoms with Gasteiger partial charge in [-0.25, -0.2) is 9.97 Å². The maximum absolute atomic E-state index is 11.9. The van der Waals surface area contributed by atoms with Crippen molar-refractivity contribution < 1.29 is 9.85 Å². The van der Waals surface area contributed by atoms with Crippen LogP contribution in [-0.4, -0.2) is 24.8 Å². The van der Waals surface area contributed by atoms with E-state index in [0.717, 1.165) is 17.8 Å². The monoisotopic (exact) mass is 359 g/mol. The van der Waals surface area contributed by atoms with E-state index in [0.29, 0.717) is 16.2 Å². The first-order chi connectivity index (χ1) is 11.9. The molecule has 0 saturated carbocycles. The number of aromatic amines is 1. The van der Waals surface area contributed by atoms with Crippen LogP contribution in [0.3, 0.4) is 0 Å². The van der Waals surface area contributed by atoms with Crippen molar-refractivity contribution in [1.29, 1.82) is 0 Å². The number of non-ortho nitro benzene ring substituents is 2. The zero-order valence-corrected chi connectivity index (χ0v) is 13.2. The third-order valence-electron chi connectivity index (χ3n) is 3.20. The van der Waals surface area contributed by atoms with Gasteiger partial charge in [-0.15, -0.1) is 0 Å². The van der Waals surface area contributed by atoms with Gasteiger partial charge in [-0.05, 0) is 17.7 Å². The van der Waals surface area contributed by atoms with Gasteiger partial charge in [-0.2, -0.15) is 0 Å². The van der Waals surface area contributed by atoms with Crippen LogP contribution in [-0.2, 0) is 5.75 Å². The van der Waals surface area contributed by atoms with Crippen molar-refractivity contribution in [2.45, 2.75) is 10.9 Å². The van der Waals surface area contributed by atoms with E-state index in [1.807, 2.05) is 0 Å². The molecule has 0 radical (unpaired) electrons. The minimum atomic E-state index is -0.691. The van der Waals surface area contributed by atoms with Gasteiger partial charge in [-0.1, -0.05) is 11.8 Å². The fourth-order valence-electron chi connectivity index (χ4n) is 2.13. The van der Waals surface area contributed by atoms with E-state index in [9.17, 15) is 25.0 Å². The number of nitrogens with zero attached hydrogens (tertiary/aromatic N) is 4. The molecule has 3 aromatic rings. The summed E-state index contributed by atoms with van der Waals surface area (Å²) in [7, 11) is 0. The van der Waals surface area contributed by atoms with Gasteiger partial charge in [0.1, 0.15) is 0 Å². The number of hydrogen-bond acceptors (Lipinski definition) is 8. The molecular formula is C14H9N5O5S. The number of nitrogens with one attached hydrogen (secondary N) is 1. The summed E-state index contributed by atoms with van der Waals surface area (Å²) in [6, 6.07) is 6.68. The van der Waals surface area contributed by atoms with Crippen LogP contribution in [0.5, 0.6) is 0 Å². The topological polar surface area (TPSA) is 145 Å². The smallest absolute Gasteiger partial charge is 0.278 e. The lowest BCUT2D eigenvalue weighted by molar-refractivity contribution is -0.394. The molecule has 1 N–H and O–H groups in total. The molecule has 11 heteroatoms. The summed E-state index contributed by atoms with van der Waals surface area (Å²) in [4.78, 5) is 43.1. The van der Waals surface area contributed by atoms with Crippen molar-refractivity contribution in [3.8, 4) is 0 Å². The number of thioether (sulfide) groups is 1. The second-order valence-corrected chi connectivity index (χ2v) is 5.87. The quantitative estimate of drug-likeness (QED) is 0.316. The first-order valence-corrected chi connectivity index (χ1v) is 7.83. The van der Waals surface area contributed by atoms with Crippen LogP contribution in [0.25, 0.3) is 11.0 Å². The average Bonchev–Trinajstić information content (AvgIpc) is 2.59. The molecule has 1 aromatic carbocycles. The van der Waals surface area contributed by atoms with Crippen molar-refractivity contribution in [1.82, 2.24) is 15.0 Å². The molecule has 3 rings (SSSR count). The van der Waals surface area contributed by atoms with E-state index in [-0.39, 0.29) is 22.6 Å².